The van der Waals surface area contributed by atoms with Crippen molar-refractivity contribution in [2.24, 2.45) is 5.92 Å². The molecular formula is C28H30Cl2N4O3. The first-order chi connectivity index (χ1) is 17.9. The highest BCUT2D eigenvalue weighted by molar-refractivity contribution is 6.43. The van der Waals surface area contributed by atoms with Crippen molar-refractivity contribution in [1.29, 1.82) is 0 Å². The smallest absolute Gasteiger partial charge is 0.303 e. The van der Waals surface area contributed by atoms with Gasteiger partial charge in [0.2, 0.25) is 0 Å². The molecule has 2 aromatic carbocycles. The normalized spacial score (nSPS) is 14.8. The number of hydrogen-bond acceptors (Lipinski definition) is 5. The molecule has 1 aliphatic rings. The van der Waals surface area contributed by atoms with Gasteiger partial charge in [0.05, 0.1) is 21.4 Å². The van der Waals surface area contributed by atoms with E-state index < -0.39 is 5.97 Å². The van der Waals surface area contributed by atoms with Gasteiger partial charge in [0.25, 0.3) is 5.91 Å². The van der Waals surface area contributed by atoms with Crippen LogP contribution in [0.25, 0.3) is 11.3 Å². The molecule has 194 valence electrons. The first-order valence-corrected chi connectivity index (χ1v) is 13.1. The highest BCUT2D eigenvalue weighted by Gasteiger charge is 2.23. The van der Waals surface area contributed by atoms with Gasteiger partial charge in [0.15, 0.2) is 0 Å². The summed E-state index contributed by atoms with van der Waals surface area (Å²) in [6.45, 7) is 4.24. The largest absolute Gasteiger partial charge is 0.481 e. The van der Waals surface area contributed by atoms with E-state index in [9.17, 15) is 14.7 Å². The number of nitrogens with zero attached hydrogens (tertiary/aromatic N) is 3. The summed E-state index contributed by atoms with van der Waals surface area (Å²) >= 11 is 12.5. The molecule has 2 heterocycles. The standard InChI is InChI=1S/C28H30Cl2N4O3/c29-23-4-3-6-25(27(23)30)34-16-14-33(15-17-34)19-20(18-26(35)36)11-13-32-28(37)22-9-7-21(8-10-22)24-5-1-2-12-31-24/h1-10,12,20H,11,13-19H2,(H,32,37)(H,35,36). The SMILES string of the molecule is O=C(O)CC(CCNC(=O)c1ccc(-c2ccccn2)cc1)CN1CCN(c2cccc(Cl)c2Cl)CC1. The van der Waals surface area contributed by atoms with Crippen molar-refractivity contribution in [3.63, 3.8) is 0 Å². The first-order valence-electron chi connectivity index (χ1n) is 12.3. The summed E-state index contributed by atoms with van der Waals surface area (Å²) in [5.41, 5.74) is 3.27. The molecule has 9 heteroatoms. The monoisotopic (exact) mass is 540 g/mol. The molecule has 7 nitrogen and oxygen atoms in total. The second kappa shape index (κ2) is 12.9. The van der Waals surface area contributed by atoms with Crippen LogP contribution in [0.5, 0.6) is 0 Å². The van der Waals surface area contributed by atoms with E-state index in [4.69, 9.17) is 23.2 Å². The van der Waals surface area contributed by atoms with Crippen molar-refractivity contribution in [2.75, 3.05) is 44.2 Å². The van der Waals surface area contributed by atoms with E-state index in [1.54, 1.807) is 24.4 Å². The molecule has 0 saturated carbocycles. The number of rotatable bonds is 10. The molecule has 0 radical (unpaired) electrons. The minimum atomic E-state index is -0.828. The molecule has 1 amide bonds. The van der Waals surface area contributed by atoms with Crippen molar-refractivity contribution in [1.82, 2.24) is 15.2 Å². The topological polar surface area (TPSA) is 85.8 Å². The van der Waals surface area contributed by atoms with E-state index in [-0.39, 0.29) is 18.2 Å². The number of anilines is 1. The van der Waals surface area contributed by atoms with Crippen LogP contribution in [0, 0.1) is 5.92 Å². The van der Waals surface area contributed by atoms with Crippen molar-refractivity contribution < 1.29 is 14.7 Å². The van der Waals surface area contributed by atoms with Crippen molar-refractivity contribution in [3.8, 4) is 11.3 Å². The molecule has 0 spiro atoms. The molecular weight excluding hydrogens is 511 g/mol. The molecule has 37 heavy (non-hydrogen) atoms. The molecule has 2 N–H and O–H groups in total. The maximum Gasteiger partial charge on any atom is 0.303 e. The Bertz CT molecular complexity index is 1200. The lowest BCUT2D eigenvalue weighted by Gasteiger charge is -2.38. The van der Waals surface area contributed by atoms with Crippen LogP contribution in [0.2, 0.25) is 10.0 Å². The van der Waals surface area contributed by atoms with Gasteiger partial charge in [0.1, 0.15) is 0 Å². The highest BCUT2D eigenvalue weighted by Crippen LogP contribution is 2.33. The zero-order chi connectivity index (χ0) is 26.2. The predicted octanol–water partition coefficient (Wildman–Crippen LogP) is 5.09. The Morgan fingerprint density at radius 1 is 0.973 bits per heavy atom. The van der Waals surface area contributed by atoms with E-state index >= 15 is 0 Å². The number of carbonyl (C=O) groups excluding carboxylic acids is 1. The van der Waals surface area contributed by atoms with Crippen molar-refractivity contribution >= 4 is 40.8 Å². The summed E-state index contributed by atoms with van der Waals surface area (Å²) < 4.78 is 0. The van der Waals surface area contributed by atoms with Crippen LogP contribution in [-0.4, -0.2) is 66.1 Å². The molecule has 4 rings (SSSR count). The Kier molecular flexibility index (Phi) is 9.39. The maximum absolute atomic E-state index is 12.6. The number of hydrogen-bond donors (Lipinski definition) is 2. The fourth-order valence-corrected chi connectivity index (χ4v) is 5.01. The van der Waals surface area contributed by atoms with E-state index in [1.165, 1.54) is 0 Å². The highest BCUT2D eigenvalue weighted by atomic mass is 35.5. The minimum absolute atomic E-state index is 0.0642. The number of halogens is 2. The maximum atomic E-state index is 12.6. The Morgan fingerprint density at radius 3 is 2.41 bits per heavy atom. The van der Waals surface area contributed by atoms with Gasteiger partial charge < -0.3 is 15.3 Å². The number of aromatic nitrogens is 1. The number of amides is 1. The molecule has 1 aliphatic heterocycles. The number of carbonyl (C=O) groups is 2. The summed E-state index contributed by atoms with van der Waals surface area (Å²) in [5.74, 6) is -1.06. The van der Waals surface area contributed by atoms with Crippen LogP contribution >= 0.6 is 23.2 Å². The Hall–Kier alpha value is -3.13. The van der Waals surface area contributed by atoms with E-state index in [1.807, 2.05) is 42.5 Å². The quantitative estimate of drug-likeness (QED) is 0.372. The third kappa shape index (κ3) is 7.44. The molecule has 1 unspecified atom stereocenters. The van der Waals surface area contributed by atoms with Crippen molar-refractivity contribution in [2.45, 2.75) is 12.8 Å². The van der Waals surface area contributed by atoms with E-state index in [0.717, 1.165) is 43.1 Å². The first kappa shape index (κ1) is 26.9. The predicted molar refractivity (Wildman–Crippen MR) is 147 cm³/mol. The van der Waals surface area contributed by atoms with Crippen LogP contribution in [0.1, 0.15) is 23.2 Å². The molecule has 0 aliphatic carbocycles. The lowest BCUT2D eigenvalue weighted by molar-refractivity contribution is -0.138. The number of nitrogens with one attached hydrogen (secondary N) is 1. The Morgan fingerprint density at radius 2 is 1.73 bits per heavy atom. The fourth-order valence-electron chi connectivity index (χ4n) is 4.60. The van der Waals surface area contributed by atoms with Crippen LogP contribution < -0.4 is 10.2 Å². The van der Waals surface area contributed by atoms with Gasteiger partial charge in [-0.3, -0.25) is 19.5 Å². The number of aliphatic carboxylic acids is 1. The number of piperazine rings is 1. The Labute approximate surface area is 227 Å². The summed E-state index contributed by atoms with van der Waals surface area (Å²) in [5, 5.41) is 13.5. The molecule has 1 fully saturated rings. The second-order valence-electron chi connectivity index (χ2n) is 9.16. The number of benzene rings is 2. The summed E-state index contributed by atoms with van der Waals surface area (Å²) in [6.07, 6.45) is 2.39. The van der Waals surface area contributed by atoms with Crippen LogP contribution in [-0.2, 0) is 4.79 Å². The third-order valence-electron chi connectivity index (χ3n) is 6.57. The summed E-state index contributed by atoms with van der Waals surface area (Å²) in [4.78, 5) is 32.9. The molecule has 0 bridgehead atoms. The number of carboxylic acids is 1. The van der Waals surface area contributed by atoms with Gasteiger partial charge in [-0.25, -0.2) is 0 Å². The van der Waals surface area contributed by atoms with Gasteiger partial charge >= 0.3 is 5.97 Å². The van der Waals surface area contributed by atoms with Crippen LogP contribution in [0.3, 0.4) is 0 Å². The average molecular weight is 541 g/mol. The second-order valence-corrected chi connectivity index (χ2v) is 9.95. The lowest BCUT2D eigenvalue weighted by atomic mass is 10.00. The van der Waals surface area contributed by atoms with Crippen molar-refractivity contribution in [3.05, 3.63) is 82.5 Å². The number of pyridine rings is 1. The van der Waals surface area contributed by atoms with Gasteiger partial charge in [-0.05, 0) is 48.7 Å². The van der Waals surface area contributed by atoms with Gasteiger partial charge in [0, 0.05) is 63.0 Å². The van der Waals surface area contributed by atoms with Gasteiger partial charge in [-0.15, -0.1) is 0 Å². The van der Waals surface area contributed by atoms with E-state index in [2.05, 4.69) is 20.1 Å². The van der Waals surface area contributed by atoms with Crippen LogP contribution in [0.15, 0.2) is 66.9 Å². The van der Waals surface area contributed by atoms with Gasteiger partial charge in [-0.1, -0.05) is 47.5 Å². The third-order valence-corrected chi connectivity index (χ3v) is 7.38. The van der Waals surface area contributed by atoms with Gasteiger partial charge in [-0.2, -0.15) is 0 Å². The molecule has 3 aromatic rings. The molecule has 1 atom stereocenters. The summed E-state index contributed by atoms with van der Waals surface area (Å²) in [6, 6.07) is 18.6. The molecule has 1 saturated heterocycles. The number of carboxylic acid groups (broad SMARTS) is 1. The lowest BCUT2D eigenvalue weighted by Crippen LogP contribution is -2.48. The minimum Gasteiger partial charge on any atom is -0.481 e. The average Bonchev–Trinajstić information content (AvgIpc) is 2.91. The zero-order valence-electron chi connectivity index (χ0n) is 20.4. The fraction of sp³-hybridized carbons (Fsp3) is 0.321. The molecule has 1 aromatic heterocycles. The summed E-state index contributed by atoms with van der Waals surface area (Å²) in [7, 11) is 0. The zero-order valence-corrected chi connectivity index (χ0v) is 22.0. The Balaban J connectivity index is 1.26. The van der Waals surface area contributed by atoms with E-state index in [0.29, 0.717) is 35.1 Å². The van der Waals surface area contributed by atoms with Crippen LogP contribution in [0.4, 0.5) is 5.69 Å².